The molecule has 0 aromatic carbocycles. The third-order valence-corrected chi connectivity index (χ3v) is 3.34. The molecule has 0 amide bonds. The van der Waals surface area contributed by atoms with Gasteiger partial charge in [-0.15, -0.1) is 0 Å². The lowest BCUT2D eigenvalue weighted by Crippen LogP contribution is -2.29. The second kappa shape index (κ2) is 8.80. The number of aliphatic carboxylic acids is 1. The number of carboxylic acid groups (broad SMARTS) is 1. The first-order valence-corrected chi connectivity index (χ1v) is 7.22. The Hall–Kier alpha value is -1.23. The SMILES string of the molecule is CCCCCN1C=CN(C)C1.O=C(O)[C@@H]1CCCN1. The van der Waals surface area contributed by atoms with Gasteiger partial charge in [0.05, 0.1) is 6.67 Å². The fourth-order valence-corrected chi connectivity index (χ4v) is 2.19. The van der Waals surface area contributed by atoms with Crippen molar-refractivity contribution in [2.45, 2.75) is 45.1 Å². The highest BCUT2D eigenvalue weighted by molar-refractivity contribution is 5.73. The Morgan fingerprint density at radius 3 is 2.63 bits per heavy atom. The molecule has 1 saturated heterocycles. The Labute approximate surface area is 116 Å². The van der Waals surface area contributed by atoms with E-state index in [0.717, 1.165) is 26.1 Å². The van der Waals surface area contributed by atoms with Gasteiger partial charge in [-0.25, -0.2) is 0 Å². The zero-order valence-electron chi connectivity index (χ0n) is 12.1. The topological polar surface area (TPSA) is 55.8 Å². The summed E-state index contributed by atoms with van der Waals surface area (Å²) < 4.78 is 0. The Balaban J connectivity index is 0.000000200. The molecule has 0 aromatic rings. The maximum absolute atomic E-state index is 10.1. The van der Waals surface area contributed by atoms with E-state index in [-0.39, 0.29) is 6.04 Å². The van der Waals surface area contributed by atoms with Crippen molar-refractivity contribution in [1.29, 1.82) is 0 Å². The summed E-state index contributed by atoms with van der Waals surface area (Å²) in [5.74, 6) is -0.720. The summed E-state index contributed by atoms with van der Waals surface area (Å²) >= 11 is 0. The van der Waals surface area contributed by atoms with E-state index in [1.165, 1.54) is 25.8 Å². The molecule has 2 aliphatic rings. The first kappa shape index (κ1) is 15.8. The van der Waals surface area contributed by atoms with Gasteiger partial charge in [-0.1, -0.05) is 19.8 Å². The van der Waals surface area contributed by atoms with Gasteiger partial charge in [0.25, 0.3) is 0 Å². The Morgan fingerprint density at radius 2 is 2.21 bits per heavy atom. The Bertz CT molecular complexity index is 288. The highest BCUT2D eigenvalue weighted by Gasteiger charge is 2.20. The van der Waals surface area contributed by atoms with Crippen LogP contribution in [0.2, 0.25) is 0 Å². The summed E-state index contributed by atoms with van der Waals surface area (Å²) in [5, 5.41) is 11.2. The molecule has 0 saturated carbocycles. The lowest BCUT2D eigenvalue weighted by Gasteiger charge is -2.17. The predicted molar refractivity (Wildman–Crippen MR) is 76.7 cm³/mol. The highest BCUT2D eigenvalue weighted by atomic mass is 16.4. The number of hydrogen-bond donors (Lipinski definition) is 2. The summed E-state index contributed by atoms with van der Waals surface area (Å²) in [5.41, 5.74) is 0. The van der Waals surface area contributed by atoms with Crippen LogP contribution in [0.1, 0.15) is 39.0 Å². The van der Waals surface area contributed by atoms with Crippen molar-refractivity contribution in [1.82, 2.24) is 15.1 Å². The zero-order valence-corrected chi connectivity index (χ0v) is 12.1. The molecular formula is C14H27N3O2. The van der Waals surface area contributed by atoms with Crippen molar-refractivity contribution >= 4 is 5.97 Å². The summed E-state index contributed by atoms with van der Waals surface area (Å²) in [4.78, 5) is 14.7. The van der Waals surface area contributed by atoms with Crippen LogP contribution in [-0.4, -0.2) is 53.7 Å². The van der Waals surface area contributed by atoms with E-state index in [1.54, 1.807) is 0 Å². The van der Waals surface area contributed by atoms with Crippen LogP contribution in [-0.2, 0) is 4.79 Å². The average molecular weight is 269 g/mol. The van der Waals surface area contributed by atoms with Crippen LogP contribution >= 0.6 is 0 Å². The van der Waals surface area contributed by atoms with Crippen LogP contribution in [0.4, 0.5) is 0 Å². The van der Waals surface area contributed by atoms with E-state index in [0.29, 0.717) is 0 Å². The van der Waals surface area contributed by atoms with Crippen molar-refractivity contribution in [2.75, 3.05) is 26.8 Å². The van der Waals surface area contributed by atoms with Gasteiger partial charge in [-0.2, -0.15) is 0 Å². The highest BCUT2D eigenvalue weighted by Crippen LogP contribution is 2.05. The maximum atomic E-state index is 10.1. The normalized spacial score (nSPS) is 21.5. The van der Waals surface area contributed by atoms with Crippen LogP contribution in [0, 0.1) is 0 Å². The quantitative estimate of drug-likeness (QED) is 0.744. The third kappa shape index (κ3) is 6.47. The second-order valence-corrected chi connectivity index (χ2v) is 5.20. The number of carboxylic acids is 1. The van der Waals surface area contributed by atoms with Crippen LogP contribution in [0.15, 0.2) is 12.4 Å². The molecule has 2 rings (SSSR count). The van der Waals surface area contributed by atoms with Crippen LogP contribution in [0.25, 0.3) is 0 Å². The molecule has 0 bridgehead atoms. The lowest BCUT2D eigenvalue weighted by atomic mass is 10.2. The van der Waals surface area contributed by atoms with Crippen LogP contribution in [0.3, 0.4) is 0 Å². The van der Waals surface area contributed by atoms with Gasteiger partial charge in [0.15, 0.2) is 0 Å². The van der Waals surface area contributed by atoms with Gasteiger partial charge < -0.3 is 20.2 Å². The van der Waals surface area contributed by atoms with E-state index >= 15 is 0 Å². The molecule has 2 aliphatic heterocycles. The minimum Gasteiger partial charge on any atom is -0.480 e. The number of hydrogen-bond acceptors (Lipinski definition) is 4. The maximum Gasteiger partial charge on any atom is 0.320 e. The average Bonchev–Trinajstić information content (AvgIpc) is 3.01. The minimum absolute atomic E-state index is 0.269. The number of nitrogens with one attached hydrogen (secondary N) is 1. The molecule has 0 spiro atoms. The van der Waals surface area contributed by atoms with E-state index in [9.17, 15) is 4.79 Å². The van der Waals surface area contributed by atoms with Gasteiger partial charge in [0, 0.05) is 26.0 Å². The molecular weight excluding hydrogens is 242 g/mol. The van der Waals surface area contributed by atoms with Gasteiger partial charge in [-0.3, -0.25) is 4.79 Å². The first-order chi connectivity index (χ1) is 9.13. The van der Waals surface area contributed by atoms with Crippen molar-refractivity contribution in [3.05, 3.63) is 12.4 Å². The van der Waals surface area contributed by atoms with E-state index in [4.69, 9.17) is 5.11 Å². The number of rotatable bonds is 5. The monoisotopic (exact) mass is 269 g/mol. The van der Waals surface area contributed by atoms with Crippen molar-refractivity contribution in [3.8, 4) is 0 Å². The Kier molecular flexibility index (Phi) is 7.33. The first-order valence-electron chi connectivity index (χ1n) is 7.22. The zero-order chi connectivity index (χ0) is 14.1. The molecule has 0 aromatic heterocycles. The summed E-state index contributed by atoms with van der Waals surface area (Å²) in [6, 6.07) is -0.269. The number of carbonyl (C=O) groups is 1. The number of unbranched alkanes of at least 4 members (excludes halogenated alkanes) is 2. The molecule has 2 N–H and O–H groups in total. The molecule has 110 valence electrons. The largest absolute Gasteiger partial charge is 0.480 e. The van der Waals surface area contributed by atoms with E-state index in [2.05, 4.69) is 41.5 Å². The molecule has 5 nitrogen and oxygen atoms in total. The van der Waals surface area contributed by atoms with Gasteiger partial charge in [-0.05, 0) is 25.8 Å². The molecule has 0 radical (unpaired) electrons. The molecule has 0 aliphatic carbocycles. The van der Waals surface area contributed by atoms with Crippen molar-refractivity contribution in [2.24, 2.45) is 0 Å². The summed E-state index contributed by atoms with van der Waals surface area (Å²) in [7, 11) is 2.11. The number of nitrogens with zero attached hydrogens (tertiary/aromatic N) is 2. The lowest BCUT2D eigenvalue weighted by molar-refractivity contribution is -0.139. The molecule has 1 fully saturated rings. The fraction of sp³-hybridized carbons (Fsp3) is 0.786. The fourth-order valence-electron chi connectivity index (χ4n) is 2.19. The standard InChI is InChI=1S/C9H18N2.C5H9NO2/c1-3-4-5-6-11-8-7-10(2)9-11;7-5(8)4-2-1-3-6-4/h7-8H,3-6,9H2,1-2H3;4,6H,1-3H2,(H,7,8)/t;4-/m.0/s1. The molecule has 0 unspecified atom stereocenters. The summed E-state index contributed by atoms with van der Waals surface area (Å²) in [6.07, 6.45) is 10.1. The minimum atomic E-state index is -0.720. The van der Waals surface area contributed by atoms with E-state index < -0.39 is 5.97 Å². The van der Waals surface area contributed by atoms with Crippen molar-refractivity contribution in [3.63, 3.8) is 0 Å². The Morgan fingerprint density at radius 1 is 1.42 bits per heavy atom. The van der Waals surface area contributed by atoms with Gasteiger partial charge >= 0.3 is 5.97 Å². The smallest absolute Gasteiger partial charge is 0.320 e. The van der Waals surface area contributed by atoms with Crippen molar-refractivity contribution < 1.29 is 9.90 Å². The molecule has 5 heteroatoms. The summed E-state index contributed by atoms with van der Waals surface area (Å²) in [6.45, 7) is 5.39. The van der Waals surface area contributed by atoms with Gasteiger partial charge in [0.2, 0.25) is 0 Å². The predicted octanol–water partition coefficient (Wildman–Crippen LogP) is 1.68. The molecule has 2 heterocycles. The second-order valence-electron chi connectivity index (χ2n) is 5.20. The third-order valence-electron chi connectivity index (χ3n) is 3.34. The van der Waals surface area contributed by atoms with Crippen LogP contribution in [0.5, 0.6) is 0 Å². The van der Waals surface area contributed by atoms with E-state index in [1.807, 2.05) is 0 Å². The van der Waals surface area contributed by atoms with Gasteiger partial charge in [0.1, 0.15) is 6.04 Å². The van der Waals surface area contributed by atoms with Crippen LogP contribution < -0.4 is 5.32 Å². The molecule has 19 heavy (non-hydrogen) atoms. The molecule has 1 atom stereocenters.